The highest BCUT2D eigenvalue weighted by molar-refractivity contribution is 6.30. The van der Waals surface area contributed by atoms with Gasteiger partial charge in [0.15, 0.2) is 0 Å². The van der Waals surface area contributed by atoms with E-state index < -0.39 is 5.82 Å². The highest BCUT2D eigenvalue weighted by Crippen LogP contribution is 2.41. The number of aliphatic hydroxyl groups excluding tert-OH is 1. The van der Waals surface area contributed by atoms with Crippen LogP contribution in [0.3, 0.4) is 0 Å². The number of hydrogen-bond donors (Lipinski definition) is 2. The summed E-state index contributed by atoms with van der Waals surface area (Å²) >= 11 is 6.24. The Hall–Kier alpha value is -3.74. The minimum absolute atomic E-state index is 0.00644. The lowest BCUT2D eigenvalue weighted by molar-refractivity contribution is 0.0954. The molecular weight excluding hydrogens is 467 g/mol. The molecule has 2 N–H and O–H groups in total. The van der Waals surface area contributed by atoms with E-state index in [-0.39, 0.29) is 24.7 Å². The summed E-state index contributed by atoms with van der Waals surface area (Å²) in [5, 5.41) is 12.8. The number of hydrogen-bond acceptors (Lipinski definition) is 4. The number of benzene rings is 3. The van der Waals surface area contributed by atoms with Gasteiger partial charge in [0.05, 0.1) is 6.61 Å². The van der Waals surface area contributed by atoms with Crippen molar-refractivity contribution < 1.29 is 19.0 Å². The van der Waals surface area contributed by atoms with E-state index in [1.165, 1.54) is 6.07 Å². The average Bonchev–Trinajstić information content (AvgIpc) is 2.88. The number of ether oxygens (including phenoxy) is 1. The van der Waals surface area contributed by atoms with E-state index >= 15 is 0 Å². The lowest BCUT2D eigenvalue weighted by atomic mass is 9.93. The molecule has 7 heteroatoms. The molecule has 35 heavy (non-hydrogen) atoms. The van der Waals surface area contributed by atoms with Crippen molar-refractivity contribution in [1.29, 1.82) is 0 Å². The molecule has 4 rings (SSSR count). The monoisotopic (exact) mass is 490 g/mol. The Morgan fingerprint density at radius 3 is 2.49 bits per heavy atom. The lowest BCUT2D eigenvalue weighted by Crippen LogP contribution is -2.26. The van der Waals surface area contributed by atoms with Crippen LogP contribution < -0.4 is 10.1 Å². The van der Waals surface area contributed by atoms with Gasteiger partial charge in [-0.1, -0.05) is 41.9 Å². The minimum Gasteiger partial charge on any atom is -0.490 e. The highest BCUT2D eigenvalue weighted by atomic mass is 35.5. The van der Waals surface area contributed by atoms with E-state index in [4.69, 9.17) is 16.3 Å². The van der Waals surface area contributed by atoms with E-state index in [9.17, 15) is 14.3 Å². The zero-order valence-electron chi connectivity index (χ0n) is 18.9. The third kappa shape index (κ3) is 6.04. The van der Waals surface area contributed by atoms with Gasteiger partial charge in [-0.3, -0.25) is 9.78 Å². The molecule has 4 aromatic rings. The maximum atomic E-state index is 14.9. The predicted molar refractivity (Wildman–Crippen MR) is 135 cm³/mol. The van der Waals surface area contributed by atoms with Gasteiger partial charge in [-0.15, -0.1) is 0 Å². The van der Waals surface area contributed by atoms with Crippen molar-refractivity contribution in [2.45, 2.75) is 6.42 Å². The fourth-order valence-corrected chi connectivity index (χ4v) is 3.98. The molecule has 0 saturated heterocycles. The van der Waals surface area contributed by atoms with Gasteiger partial charge in [-0.2, -0.15) is 0 Å². The molecule has 1 heterocycles. The van der Waals surface area contributed by atoms with Crippen molar-refractivity contribution in [3.63, 3.8) is 0 Å². The van der Waals surface area contributed by atoms with Crippen molar-refractivity contribution >= 4 is 17.5 Å². The number of nitrogens with zero attached hydrogens (tertiary/aromatic N) is 1. The third-order valence-electron chi connectivity index (χ3n) is 5.44. The van der Waals surface area contributed by atoms with Crippen LogP contribution in [0, 0.1) is 5.82 Å². The van der Waals surface area contributed by atoms with Gasteiger partial charge < -0.3 is 15.2 Å². The van der Waals surface area contributed by atoms with Crippen LogP contribution in [0.2, 0.25) is 5.02 Å². The zero-order valence-corrected chi connectivity index (χ0v) is 19.6. The summed E-state index contributed by atoms with van der Waals surface area (Å²) in [6.07, 6.45) is 4.06. The van der Waals surface area contributed by atoms with Gasteiger partial charge in [0.25, 0.3) is 5.91 Å². The summed E-state index contributed by atoms with van der Waals surface area (Å²) < 4.78 is 20.8. The van der Waals surface area contributed by atoms with Crippen LogP contribution in [0.5, 0.6) is 5.75 Å². The second-order valence-electron chi connectivity index (χ2n) is 7.82. The highest BCUT2D eigenvalue weighted by Gasteiger charge is 2.20. The molecule has 0 aliphatic heterocycles. The SMILES string of the molecule is O=C(NCCc1ccncc1)c1cc(-c2cccc(Cl)c2)c(OCCO)c(-c2ccccc2F)c1. The molecule has 1 aromatic heterocycles. The Balaban J connectivity index is 1.77. The van der Waals surface area contributed by atoms with Crippen LogP contribution in [-0.2, 0) is 6.42 Å². The third-order valence-corrected chi connectivity index (χ3v) is 5.67. The Morgan fingerprint density at radius 2 is 1.74 bits per heavy atom. The molecule has 0 radical (unpaired) electrons. The molecule has 0 aliphatic carbocycles. The summed E-state index contributed by atoms with van der Waals surface area (Å²) in [6.45, 7) is 0.211. The number of carbonyl (C=O) groups is 1. The van der Waals surface area contributed by atoms with Gasteiger partial charge in [0, 0.05) is 46.2 Å². The van der Waals surface area contributed by atoms with Crippen molar-refractivity contribution in [3.8, 4) is 28.0 Å². The van der Waals surface area contributed by atoms with Crippen molar-refractivity contribution in [2.75, 3.05) is 19.8 Å². The normalized spacial score (nSPS) is 10.7. The number of halogens is 2. The molecule has 0 bridgehead atoms. The summed E-state index contributed by atoms with van der Waals surface area (Å²) in [6, 6.07) is 20.5. The van der Waals surface area contributed by atoms with Crippen molar-refractivity contribution in [2.24, 2.45) is 0 Å². The summed E-state index contributed by atoms with van der Waals surface area (Å²) in [4.78, 5) is 17.2. The molecule has 0 saturated carbocycles. The Labute approximate surface area is 208 Å². The molecule has 5 nitrogen and oxygen atoms in total. The first kappa shape index (κ1) is 24.4. The molecule has 0 atom stereocenters. The number of rotatable bonds is 9. The molecule has 0 spiro atoms. The summed E-state index contributed by atoms with van der Waals surface area (Å²) in [7, 11) is 0. The average molecular weight is 491 g/mol. The largest absolute Gasteiger partial charge is 0.490 e. The number of amides is 1. The van der Waals surface area contributed by atoms with E-state index in [1.54, 1.807) is 60.9 Å². The molecular formula is C28H24ClFN2O3. The fourth-order valence-electron chi connectivity index (χ4n) is 3.79. The first-order valence-electron chi connectivity index (χ1n) is 11.2. The quantitative estimate of drug-likeness (QED) is 0.322. The lowest BCUT2D eigenvalue weighted by Gasteiger charge is -2.19. The fraction of sp³-hybridized carbons (Fsp3) is 0.143. The second-order valence-corrected chi connectivity index (χ2v) is 8.26. The molecule has 3 aromatic carbocycles. The number of aliphatic hydroxyl groups is 1. The number of carbonyl (C=O) groups excluding carboxylic acids is 1. The number of nitrogens with one attached hydrogen (secondary N) is 1. The predicted octanol–water partition coefficient (Wildman–Crippen LogP) is 5.55. The van der Waals surface area contributed by atoms with Crippen molar-refractivity contribution in [1.82, 2.24) is 10.3 Å². The Kier molecular flexibility index (Phi) is 8.08. The van der Waals surface area contributed by atoms with Gasteiger partial charge in [0.2, 0.25) is 0 Å². The van der Waals surface area contributed by atoms with Gasteiger partial charge in [-0.25, -0.2) is 4.39 Å². The molecule has 178 valence electrons. The zero-order chi connectivity index (χ0) is 24.6. The molecule has 1 amide bonds. The molecule has 0 fully saturated rings. The van der Waals surface area contributed by atoms with Crippen LogP contribution in [-0.4, -0.2) is 35.8 Å². The van der Waals surface area contributed by atoms with Crippen LogP contribution in [0.1, 0.15) is 15.9 Å². The van der Waals surface area contributed by atoms with Gasteiger partial charge in [0.1, 0.15) is 18.2 Å². The van der Waals surface area contributed by atoms with Gasteiger partial charge in [-0.05, 0) is 60.0 Å². The maximum Gasteiger partial charge on any atom is 0.251 e. The maximum absolute atomic E-state index is 14.9. The van der Waals surface area contributed by atoms with E-state index in [0.29, 0.717) is 46.0 Å². The van der Waals surface area contributed by atoms with Gasteiger partial charge >= 0.3 is 0 Å². The first-order valence-corrected chi connectivity index (χ1v) is 11.5. The molecule has 0 aliphatic rings. The standard InChI is InChI=1S/C28H24ClFN2O3/c29-22-5-3-4-20(16-22)24-17-21(28(34)32-13-10-19-8-11-31-12-9-19)18-25(27(24)35-15-14-33)23-6-1-2-7-26(23)30/h1-9,11-12,16-18,33H,10,13-15H2,(H,32,34). The smallest absolute Gasteiger partial charge is 0.251 e. The Morgan fingerprint density at radius 1 is 0.971 bits per heavy atom. The van der Waals surface area contributed by atoms with Crippen LogP contribution in [0.25, 0.3) is 22.3 Å². The topological polar surface area (TPSA) is 71.5 Å². The van der Waals surface area contributed by atoms with Crippen molar-refractivity contribution in [3.05, 3.63) is 107 Å². The summed E-state index contributed by atoms with van der Waals surface area (Å²) in [5.74, 6) is -0.387. The summed E-state index contributed by atoms with van der Waals surface area (Å²) in [5.41, 5.74) is 3.38. The van der Waals surface area contributed by atoms with Crippen LogP contribution >= 0.6 is 11.6 Å². The van der Waals surface area contributed by atoms with E-state index in [0.717, 1.165) is 5.56 Å². The number of aromatic nitrogens is 1. The Bertz CT molecular complexity index is 1310. The number of pyridine rings is 1. The van der Waals surface area contributed by atoms with Crippen LogP contribution in [0.15, 0.2) is 85.2 Å². The first-order chi connectivity index (χ1) is 17.1. The minimum atomic E-state index is -0.450. The van der Waals surface area contributed by atoms with Crippen LogP contribution in [0.4, 0.5) is 4.39 Å². The molecule has 0 unspecified atom stereocenters. The second kappa shape index (κ2) is 11.6. The van der Waals surface area contributed by atoms with E-state index in [2.05, 4.69) is 10.3 Å². The van der Waals surface area contributed by atoms with E-state index in [1.807, 2.05) is 18.2 Å².